The minimum absolute atomic E-state index is 0.248. The molecule has 1 N–H and O–H groups in total. The number of ether oxygens (including phenoxy) is 3. The third-order valence-electron chi connectivity index (χ3n) is 6.28. The zero-order chi connectivity index (χ0) is 20.6. The van der Waals surface area contributed by atoms with Crippen LogP contribution in [0.1, 0.15) is 24.8 Å². The highest BCUT2D eigenvalue weighted by atomic mass is 16.5. The Bertz CT molecular complexity index is 666. The maximum absolute atomic E-state index is 6.11. The fraction of sp³-hybridized carbons (Fsp3) is 0.696. The van der Waals surface area contributed by atoms with Crippen LogP contribution < -0.4 is 5.32 Å². The Balaban J connectivity index is 1.22. The second-order valence-electron chi connectivity index (χ2n) is 8.35. The summed E-state index contributed by atoms with van der Waals surface area (Å²) in [6.07, 6.45) is 3.63. The fourth-order valence-corrected chi connectivity index (χ4v) is 4.64. The van der Waals surface area contributed by atoms with Crippen LogP contribution in [0, 0.1) is 0 Å². The molecule has 3 fully saturated rings. The van der Waals surface area contributed by atoms with Crippen LogP contribution in [0.25, 0.3) is 0 Å². The van der Waals surface area contributed by atoms with E-state index in [0.29, 0.717) is 12.1 Å². The Hall–Kier alpha value is -1.67. The van der Waals surface area contributed by atoms with Crippen LogP contribution in [0.4, 0.5) is 0 Å². The van der Waals surface area contributed by atoms with Crippen molar-refractivity contribution in [3.05, 3.63) is 35.9 Å². The molecule has 0 bridgehead atoms. The molecule has 3 aliphatic rings. The van der Waals surface area contributed by atoms with Crippen molar-refractivity contribution in [2.45, 2.75) is 44.1 Å². The summed E-state index contributed by atoms with van der Waals surface area (Å²) in [5.74, 6) is 0.971. The average Bonchev–Trinajstić information content (AvgIpc) is 3.23. The Morgan fingerprint density at radius 3 is 2.80 bits per heavy atom. The van der Waals surface area contributed by atoms with Gasteiger partial charge in [-0.25, -0.2) is 0 Å². The topological polar surface area (TPSA) is 58.6 Å². The van der Waals surface area contributed by atoms with E-state index in [1.807, 2.05) is 7.05 Å². The van der Waals surface area contributed by atoms with Gasteiger partial charge in [0.05, 0.1) is 24.9 Å². The Morgan fingerprint density at radius 1 is 1.17 bits per heavy atom. The summed E-state index contributed by atoms with van der Waals surface area (Å²) in [5.41, 5.74) is 1.36. The van der Waals surface area contributed by atoms with Crippen molar-refractivity contribution in [3.63, 3.8) is 0 Å². The first-order valence-corrected chi connectivity index (χ1v) is 11.4. The van der Waals surface area contributed by atoms with E-state index in [0.717, 1.165) is 84.4 Å². The summed E-state index contributed by atoms with van der Waals surface area (Å²) in [4.78, 5) is 9.44. The van der Waals surface area contributed by atoms with Crippen molar-refractivity contribution in [2.75, 3.05) is 59.7 Å². The van der Waals surface area contributed by atoms with Gasteiger partial charge in [0.25, 0.3) is 0 Å². The van der Waals surface area contributed by atoms with Gasteiger partial charge in [-0.3, -0.25) is 9.89 Å². The molecular formula is C23H36N4O3. The second-order valence-corrected chi connectivity index (χ2v) is 8.35. The highest BCUT2D eigenvalue weighted by Gasteiger charge is 2.41. The standard InChI is InChI=1S/C23H36N4O3/c1-24-23(25-10-5-12-29-20-8-13-28-14-9-20)27-17-21-22(18-27)30-15-11-26(21)16-19-6-3-2-4-7-19/h2-4,6-7,20-22H,5,8-18H2,1H3,(H,24,25). The molecule has 4 rings (SSSR count). The van der Waals surface area contributed by atoms with Crippen LogP contribution in [-0.4, -0.2) is 93.7 Å². The smallest absolute Gasteiger partial charge is 0.193 e. The molecule has 0 radical (unpaired) electrons. The van der Waals surface area contributed by atoms with E-state index >= 15 is 0 Å². The molecule has 3 saturated heterocycles. The molecule has 0 aliphatic carbocycles. The van der Waals surface area contributed by atoms with Crippen molar-refractivity contribution in [1.82, 2.24) is 15.1 Å². The van der Waals surface area contributed by atoms with E-state index in [4.69, 9.17) is 14.2 Å². The first-order valence-electron chi connectivity index (χ1n) is 11.4. The summed E-state index contributed by atoms with van der Waals surface area (Å²) < 4.78 is 17.5. The van der Waals surface area contributed by atoms with E-state index in [-0.39, 0.29) is 6.10 Å². The molecule has 3 aliphatic heterocycles. The molecule has 7 nitrogen and oxygen atoms in total. The monoisotopic (exact) mass is 416 g/mol. The molecule has 1 aromatic rings. The number of nitrogens with one attached hydrogen (secondary N) is 1. The summed E-state index contributed by atoms with van der Waals surface area (Å²) in [6.45, 7) is 7.94. The number of nitrogens with zero attached hydrogens (tertiary/aromatic N) is 3. The molecular weight excluding hydrogens is 380 g/mol. The predicted molar refractivity (Wildman–Crippen MR) is 118 cm³/mol. The Kier molecular flexibility index (Phi) is 7.97. The van der Waals surface area contributed by atoms with Gasteiger partial charge < -0.3 is 24.4 Å². The summed E-state index contributed by atoms with van der Waals surface area (Å²) in [7, 11) is 1.87. The zero-order valence-electron chi connectivity index (χ0n) is 18.2. The molecule has 7 heteroatoms. The molecule has 3 heterocycles. The minimum Gasteiger partial charge on any atom is -0.381 e. The number of rotatable bonds is 7. The number of morpholine rings is 1. The van der Waals surface area contributed by atoms with Crippen LogP contribution in [0.2, 0.25) is 0 Å². The highest BCUT2D eigenvalue weighted by Crippen LogP contribution is 2.24. The SMILES string of the molecule is CN=C(NCCCOC1CCOCC1)N1CC2OCCN(Cc3ccccc3)C2C1. The summed E-state index contributed by atoms with van der Waals surface area (Å²) in [5, 5.41) is 3.52. The van der Waals surface area contributed by atoms with Crippen LogP contribution in [0.15, 0.2) is 35.3 Å². The summed E-state index contributed by atoms with van der Waals surface area (Å²) >= 11 is 0. The normalized spacial score (nSPS) is 26.0. The number of aliphatic imine (C=N–C) groups is 1. The number of hydrogen-bond donors (Lipinski definition) is 1. The zero-order valence-corrected chi connectivity index (χ0v) is 18.2. The first-order chi connectivity index (χ1) is 14.8. The van der Waals surface area contributed by atoms with Crippen molar-refractivity contribution < 1.29 is 14.2 Å². The molecule has 0 saturated carbocycles. The van der Waals surface area contributed by atoms with Crippen molar-refractivity contribution in [1.29, 1.82) is 0 Å². The van der Waals surface area contributed by atoms with E-state index in [9.17, 15) is 0 Å². The first kappa shape index (κ1) is 21.6. The predicted octanol–water partition coefficient (Wildman–Crippen LogP) is 1.73. The van der Waals surface area contributed by atoms with Crippen LogP contribution in [0.3, 0.4) is 0 Å². The molecule has 0 spiro atoms. The molecule has 166 valence electrons. The van der Waals surface area contributed by atoms with Crippen LogP contribution in [-0.2, 0) is 20.8 Å². The molecule has 0 aromatic heterocycles. The average molecular weight is 417 g/mol. The van der Waals surface area contributed by atoms with Crippen molar-refractivity contribution in [2.24, 2.45) is 4.99 Å². The Morgan fingerprint density at radius 2 is 2.00 bits per heavy atom. The van der Waals surface area contributed by atoms with Gasteiger partial charge in [-0.15, -0.1) is 0 Å². The largest absolute Gasteiger partial charge is 0.381 e. The minimum atomic E-state index is 0.248. The second kappa shape index (κ2) is 11.1. The summed E-state index contributed by atoms with van der Waals surface area (Å²) in [6, 6.07) is 11.1. The van der Waals surface area contributed by atoms with E-state index < -0.39 is 0 Å². The maximum Gasteiger partial charge on any atom is 0.193 e. The van der Waals surface area contributed by atoms with Crippen LogP contribution in [0.5, 0.6) is 0 Å². The van der Waals surface area contributed by atoms with Gasteiger partial charge in [-0.2, -0.15) is 0 Å². The lowest BCUT2D eigenvalue weighted by Gasteiger charge is -2.36. The van der Waals surface area contributed by atoms with E-state index in [1.54, 1.807) is 0 Å². The van der Waals surface area contributed by atoms with Gasteiger partial charge >= 0.3 is 0 Å². The third kappa shape index (κ3) is 5.72. The molecule has 2 unspecified atom stereocenters. The van der Waals surface area contributed by atoms with Gasteiger partial charge in [-0.05, 0) is 24.8 Å². The lowest BCUT2D eigenvalue weighted by atomic mass is 10.1. The molecule has 0 amide bonds. The molecule has 30 heavy (non-hydrogen) atoms. The lowest BCUT2D eigenvalue weighted by molar-refractivity contribution is -0.0502. The van der Waals surface area contributed by atoms with Crippen LogP contribution >= 0.6 is 0 Å². The number of benzene rings is 1. The third-order valence-corrected chi connectivity index (χ3v) is 6.28. The number of guanidine groups is 1. The number of likely N-dealkylation sites (tertiary alicyclic amines) is 1. The van der Waals surface area contributed by atoms with Crippen molar-refractivity contribution >= 4 is 5.96 Å². The number of fused-ring (bicyclic) bond motifs is 1. The van der Waals surface area contributed by atoms with E-state index in [2.05, 4.69) is 50.4 Å². The van der Waals surface area contributed by atoms with Gasteiger partial charge in [-0.1, -0.05) is 30.3 Å². The molecule has 1 aromatic carbocycles. The van der Waals surface area contributed by atoms with Gasteiger partial charge in [0.15, 0.2) is 5.96 Å². The maximum atomic E-state index is 6.11. The molecule has 2 atom stereocenters. The van der Waals surface area contributed by atoms with E-state index in [1.165, 1.54) is 5.56 Å². The Labute approximate surface area is 180 Å². The number of hydrogen-bond acceptors (Lipinski definition) is 5. The van der Waals surface area contributed by atoms with Gasteiger partial charge in [0.2, 0.25) is 0 Å². The van der Waals surface area contributed by atoms with Gasteiger partial charge in [0.1, 0.15) is 0 Å². The fourth-order valence-electron chi connectivity index (χ4n) is 4.64. The quantitative estimate of drug-likeness (QED) is 0.415. The van der Waals surface area contributed by atoms with Crippen molar-refractivity contribution in [3.8, 4) is 0 Å². The lowest BCUT2D eigenvalue weighted by Crippen LogP contribution is -2.50. The van der Waals surface area contributed by atoms with Gasteiger partial charge in [0, 0.05) is 59.6 Å². The highest BCUT2D eigenvalue weighted by molar-refractivity contribution is 5.80.